The van der Waals surface area contributed by atoms with Gasteiger partial charge < -0.3 is 5.11 Å². The molecule has 0 unspecified atom stereocenters. The van der Waals surface area contributed by atoms with Crippen molar-refractivity contribution in [3.05, 3.63) is 47.3 Å². The Balaban J connectivity index is 2.62. The molecule has 0 bridgehead atoms. The zero-order chi connectivity index (χ0) is 13.1. The third-order valence-corrected chi connectivity index (χ3v) is 2.33. The lowest BCUT2D eigenvalue weighted by Gasteiger charge is -2.02. The summed E-state index contributed by atoms with van der Waals surface area (Å²) in [6.07, 6.45) is 1.11. The Morgan fingerprint density at radius 3 is 2.72 bits per heavy atom. The minimum Gasteiger partial charge on any atom is -0.478 e. The molecule has 1 aromatic carbocycles. The fourth-order valence-electron chi connectivity index (χ4n) is 1.52. The van der Waals surface area contributed by atoms with Crippen molar-refractivity contribution in [1.29, 1.82) is 10.5 Å². The van der Waals surface area contributed by atoms with Gasteiger partial charge in [0.25, 0.3) is 0 Å². The number of aromatic nitrogens is 2. The SMILES string of the molecule is N#Cc1cccc(-n2ncc(C(=O)O)c2C#N)c1. The van der Waals surface area contributed by atoms with Gasteiger partial charge in [-0.3, -0.25) is 0 Å². The maximum atomic E-state index is 10.9. The second-order valence-electron chi connectivity index (χ2n) is 3.40. The molecule has 0 aliphatic carbocycles. The molecule has 0 fully saturated rings. The van der Waals surface area contributed by atoms with Gasteiger partial charge in [-0.25, -0.2) is 9.48 Å². The summed E-state index contributed by atoms with van der Waals surface area (Å²) in [4.78, 5) is 10.9. The first-order valence-corrected chi connectivity index (χ1v) is 4.89. The molecule has 0 radical (unpaired) electrons. The summed E-state index contributed by atoms with van der Waals surface area (Å²) in [5.74, 6) is -1.21. The zero-order valence-corrected chi connectivity index (χ0v) is 9.03. The van der Waals surface area contributed by atoms with Gasteiger partial charge in [0.1, 0.15) is 11.6 Å². The molecule has 0 atom stereocenters. The molecule has 1 heterocycles. The summed E-state index contributed by atoms with van der Waals surface area (Å²) >= 11 is 0. The lowest BCUT2D eigenvalue weighted by molar-refractivity contribution is 0.0696. The summed E-state index contributed by atoms with van der Waals surface area (Å²) in [6.45, 7) is 0. The van der Waals surface area contributed by atoms with E-state index in [-0.39, 0.29) is 11.3 Å². The van der Waals surface area contributed by atoms with Gasteiger partial charge in [-0.2, -0.15) is 15.6 Å². The monoisotopic (exact) mass is 238 g/mol. The van der Waals surface area contributed by atoms with Crippen LogP contribution in [0.25, 0.3) is 5.69 Å². The van der Waals surface area contributed by atoms with Crippen LogP contribution >= 0.6 is 0 Å². The number of rotatable bonds is 2. The molecule has 86 valence electrons. The summed E-state index contributed by atoms with van der Waals surface area (Å²) < 4.78 is 1.20. The number of hydrogen-bond acceptors (Lipinski definition) is 4. The molecular formula is C12H6N4O2. The highest BCUT2D eigenvalue weighted by Gasteiger charge is 2.17. The number of aromatic carboxylic acids is 1. The number of nitriles is 2. The van der Waals surface area contributed by atoms with E-state index >= 15 is 0 Å². The van der Waals surface area contributed by atoms with Crippen molar-refractivity contribution in [1.82, 2.24) is 9.78 Å². The van der Waals surface area contributed by atoms with Crippen LogP contribution in [-0.2, 0) is 0 Å². The van der Waals surface area contributed by atoms with E-state index in [0.29, 0.717) is 11.3 Å². The van der Waals surface area contributed by atoms with E-state index in [4.69, 9.17) is 15.6 Å². The highest BCUT2D eigenvalue weighted by Crippen LogP contribution is 2.15. The molecule has 2 aromatic rings. The van der Waals surface area contributed by atoms with Crippen molar-refractivity contribution >= 4 is 5.97 Å². The van der Waals surface area contributed by atoms with E-state index in [1.165, 1.54) is 10.7 Å². The standard InChI is InChI=1S/C12H6N4O2/c13-5-8-2-1-3-9(4-8)16-11(6-14)10(7-15-16)12(17)18/h1-4,7H,(H,17,18). The number of hydrogen-bond donors (Lipinski definition) is 1. The molecule has 1 aromatic heterocycles. The normalized spacial score (nSPS) is 9.44. The Morgan fingerprint density at radius 2 is 2.11 bits per heavy atom. The van der Waals surface area contributed by atoms with Crippen LogP contribution in [0.3, 0.4) is 0 Å². The topological polar surface area (TPSA) is 103 Å². The summed E-state index contributed by atoms with van der Waals surface area (Å²) in [6, 6.07) is 10.2. The predicted octanol–water partition coefficient (Wildman–Crippen LogP) is 1.31. The smallest absolute Gasteiger partial charge is 0.340 e. The van der Waals surface area contributed by atoms with Crippen LogP contribution in [0.4, 0.5) is 0 Å². The Bertz CT molecular complexity index is 704. The molecule has 0 aliphatic rings. The van der Waals surface area contributed by atoms with E-state index in [1.54, 1.807) is 24.3 Å². The van der Waals surface area contributed by atoms with Gasteiger partial charge in [-0.05, 0) is 18.2 Å². The van der Waals surface area contributed by atoms with Gasteiger partial charge in [-0.15, -0.1) is 0 Å². The van der Waals surface area contributed by atoms with Gasteiger partial charge >= 0.3 is 5.97 Å². The van der Waals surface area contributed by atoms with E-state index < -0.39 is 5.97 Å². The van der Waals surface area contributed by atoms with Crippen LogP contribution in [0, 0.1) is 22.7 Å². The highest BCUT2D eigenvalue weighted by molar-refractivity contribution is 5.89. The number of carboxylic acids is 1. The average Bonchev–Trinajstić information content (AvgIpc) is 2.82. The molecule has 18 heavy (non-hydrogen) atoms. The number of nitrogens with zero attached hydrogens (tertiary/aromatic N) is 4. The van der Waals surface area contributed by atoms with E-state index in [0.717, 1.165) is 6.20 Å². The third-order valence-electron chi connectivity index (χ3n) is 2.33. The highest BCUT2D eigenvalue weighted by atomic mass is 16.4. The fraction of sp³-hybridized carbons (Fsp3) is 0. The van der Waals surface area contributed by atoms with E-state index in [1.807, 2.05) is 6.07 Å². The molecule has 6 heteroatoms. The average molecular weight is 238 g/mol. The van der Waals surface area contributed by atoms with E-state index in [9.17, 15) is 4.79 Å². The lowest BCUT2D eigenvalue weighted by Crippen LogP contribution is -2.03. The summed E-state index contributed by atoms with van der Waals surface area (Å²) in [5, 5.41) is 30.5. The molecule has 1 N–H and O–H groups in total. The van der Waals surface area contributed by atoms with Crippen LogP contribution in [0.1, 0.15) is 21.6 Å². The van der Waals surface area contributed by atoms with Crippen LogP contribution in [0.5, 0.6) is 0 Å². The Kier molecular flexibility index (Phi) is 2.78. The van der Waals surface area contributed by atoms with Crippen molar-refractivity contribution < 1.29 is 9.90 Å². The van der Waals surface area contributed by atoms with Crippen molar-refractivity contribution in [2.45, 2.75) is 0 Å². The largest absolute Gasteiger partial charge is 0.478 e. The lowest BCUT2D eigenvalue weighted by atomic mass is 10.2. The fourth-order valence-corrected chi connectivity index (χ4v) is 1.52. The van der Waals surface area contributed by atoms with Crippen molar-refractivity contribution in [3.8, 4) is 17.8 Å². The maximum absolute atomic E-state index is 10.9. The Morgan fingerprint density at radius 1 is 1.33 bits per heavy atom. The molecular weight excluding hydrogens is 232 g/mol. The molecule has 0 aliphatic heterocycles. The van der Waals surface area contributed by atoms with Crippen molar-refractivity contribution in [2.75, 3.05) is 0 Å². The number of benzene rings is 1. The Hall–Kier alpha value is -3.12. The molecule has 6 nitrogen and oxygen atoms in total. The molecule has 0 saturated heterocycles. The van der Waals surface area contributed by atoms with E-state index in [2.05, 4.69) is 5.10 Å². The van der Waals surface area contributed by atoms with Crippen molar-refractivity contribution in [2.24, 2.45) is 0 Å². The first kappa shape index (κ1) is 11.4. The first-order valence-electron chi connectivity index (χ1n) is 4.89. The first-order chi connectivity index (χ1) is 8.67. The third kappa shape index (κ3) is 1.79. The Labute approximate surface area is 102 Å². The predicted molar refractivity (Wildman–Crippen MR) is 60.0 cm³/mol. The van der Waals surface area contributed by atoms with Gasteiger partial charge in [0.15, 0.2) is 5.69 Å². The van der Waals surface area contributed by atoms with Crippen molar-refractivity contribution in [3.63, 3.8) is 0 Å². The van der Waals surface area contributed by atoms with Crippen LogP contribution < -0.4 is 0 Å². The summed E-state index contributed by atoms with van der Waals surface area (Å²) in [7, 11) is 0. The molecule has 0 amide bonds. The minimum absolute atomic E-state index is 0.0717. The molecule has 0 saturated carbocycles. The quantitative estimate of drug-likeness (QED) is 0.849. The van der Waals surface area contributed by atoms with Gasteiger partial charge in [0, 0.05) is 0 Å². The van der Waals surface area contributed by atoms with Crippen LogP contribution in [0.2, 0.25) is 0 Å². The zero-order valence-electron chi connectivity index (χ0n) is 9.03. The second-order valence-corrected chi connectivity index (χ2v) is 3.40. The summed E-state index contributed by atoms with van der Waals surface area (Å²) in [5.41, 5.74) is 0.638. The maximum Gasteiger partial charge on any atom is 0.340 e. The number of carboxylic acid groups (broad SMARTS) is 1. The molecule has 0 spiro atoms. The van der Waals surface area contributed by atoms with Crippen LogP contribution in [-0.4, -0.2) is 20.9 Å². The van der Waals surface area contributed by atoms with Gasteiger partial charge in [0.05, 0.1) is 23.5 Å². The molecule has 2 rings (SSSR count). The van der Waals surface area contributed by atoms with Crippen LogP contribution in [0.15, 0.2) is 30.5 Å². The minimum atomic E-state index is -1.21. The van der Waals surface area contributed by atoms with Gasteiger partial charge in [0.2, 0.25) is 0 Å². The number of carbonyl (C=O) groups is 1. The van der Waals surface area contributed by atoms with Gasteiger partial charge in [-0.1, -0.05) is 6.07 Å². The second kappa shape index (κ2) is 4.40.